The first-order valence-corrected chi connectivity index (χ1v) is 11.5. The first-order valence-electron chi connectivity index (χ1n) is 9.99. The van der Waals surface area contributed by atoms with Crippen LogP contribution >= 0.6 is 0 Å². The first-order chi connectivity index (χ1) is 14.2. The third kappa shape index (κ3) is 7.03. The summed E-state index contributed by atoms with van der Waals surface area (Å²) in [5, 5.41) is 2.67. The molecule has 0 heterocycles. The van der Waals surface area contributed by atoms with E-state index in [1.54, 1.807) is 19.1 Å². The van der Waals surface area contributed by atoms with E-state index in [2.05, 4.69) is 23.9 Å². The summed E-state index contributed by atoms with van der Waals surface area (Å²) in [7, 11) is -3.66. The van der Waals surface area contributed by atoms with Crippen LogP contribution in [0.1, 0.15) is 39.2 Å². The molecular formula is C22H30N2O5S. The summed E-state index contributed by atoms with van der Waals surface area (Å²) in [6, 6.07) is 13.8. The third-order valence-corrected chi connectivity index (χ3v) is 5.87. The van der Waals surface area contributed by atoms with Crippen LogP contribution in [-0.2, 0) is 14.8 Å². The van der Waals surface area contributed by atoms with Crippen molar-refractivity contribution >= 4 is 15.9 Å². The summed E-state index contributed by atoms with van der Waals surface area (Å²) in [4.78, 5) is 12.3. The molecule has 2 rings (SSSR count). The highest BCUT2D eigenvalue weighted by Crippen LogP contribution is 2.19. The predicted octanol–water partition coefficient (Wildman–Crippen LogP) is 3.07. The quantitative estimate of drug-likeness (QED) is 0.530. The highest BCUT2D eigenvalue weighted by atomic mass is 32.2. The average Bonchev–Trinajstić information content (AvgIpc) is 2.72. The van der Waals surface area contributed by atoms with Gasteiger partial charge in [0, 0.05) is 13.1 Å². The fourth-order valence-corrected chi connectivity index (χ4v) is 3.70. The minimum Gasteiger partial charge on any atom is -0.494 e. The molecule has 30 heavy (non-hydrogen) atoms. The second-order valence-corrected chi connectivity index (χ2v) is 8.84. The molecule has 0 aliphatic carbocycles. The van der Waals surface area contributed by atoms with E-state index < -0.39 is 16.1 Å². The Hall–Kier alpha value is -2.58. The van der Waals surface area contributed by atoms with Crippen molar-refractivity contribution in [1.29, 1.82) is 0 Å². The van der Waals surface area contributed by atoms with Crippen molar-refractivity contribution in [1.82, 2.24) is 10.0 Å². The highest BCUT2D eigenvalue weighted by Gasteiger charge is 2.16. The Balaban J connectivity index is 1.77. The molecule has 0 spiro atoms. The van der Waals surface area contributed by atoms with Crippen LogP contribution in [0.4, 0.5) is 0 Å². The van der Waals surface area contributed by atoms with E-state index in [0.717, 1.165) is 0 Å². The summed E-state index contributed by atoms with van der Waals surface area (Å²) in [6.07, 6.45) is -0.697. The van der Waals surface area contributed by atoms with Gasteiger partial charge in [-0.1, -0.05) is 26.0 Å². The van der Waals surface area contributed by atoms with Gasteiger partial charge in [-0.05, 0) is 61.7 Å². The molecule has 0 radical (unpaired) electrons. The normalized spacial score (nSPS) is 12.4. The first kappa shape index (κ1) is 23.7. The molecule has 0 aromatic heterocycles. The number of rotatable bonds is 11. The van der Waals surface area contributed by atoms with Crippen LogP contribution in [-0.4, -0.2) is 40.1 Å². The molecule has 0 saturated carbocycles. The second kappa shape index (κ2) is 11.0. The Bertz CT molecular complexity index is 910. The number of carbonyl (C=O) groups is 1. The van der Waals surface area contributed by atoms with Crippen molar-refractivity contribution in [3.63, 3.8) is 0 Å². The van der Waals surface area contributed by atoms with E-state index in [1.165, 1.54) is 17.7 Å². The summed E-state index contributed by atoms with van der Waals surface area (Å²) in [5.74, 6) is 1.32. The highest BCUT2D eigenvalue weighted by molar-refractivity contribution is 7.89. The van der Waals surface area contributed by atoms with E-state index in [-0.39, 0.29) is 23.9 Å². The smallest absolute Gasteiger partial charge is 0.260 e. The molecule has 1 unspecified atom stereocenters. The molecule has 164 valence electrons. The van der Waals surface area contributed by atoms with E-state index in [1.807, 2.05) is 31.2 Å². The maximum absolute atomic E-state index is 12.3. The van der Waals surface area contributed by atoms with E-state index >= 15 is 0 Å². The van der Waals surface area contributed by atoms with Gasteiger partial charge in [0.05, 0.1) is 11.5 Å². The lowest BCUT2D eigenvalue weighted by Gasteiger charge is -2.15. The molecule has 2 N–H and O–H groups in total. The van der Waals surface area contributed by atoms with Gasteiger partial charge >= 0.3 is 0 Å². The molecule has 0 saturated heterocycles. The lowest BCUT2D eigenvalue weighted by Crippen LogP contribution is -2.40. The van der Waals surface area contributed by atoms with Crippen molar-refractivity contribution in [2.24, 2.45) is 0 Å². The van der Waals surface area contributed by atoms with Crippen molar-refractivity contribution < 1.29 is 22.7 Å². The Morgan fingerprint density at radius 2 is 1.53 bits per heavy atom. The van der Waals surface area contributed by atoms with Crippen molar-refractivity contribution in [2.75, 3.05) is 19.7 Å². The average molecular weight is 435 g/mol. The van der Waals surface area contributed by atoms with Gasteiger partial charge in [0.25, 0.3) is 5.91 Å². The zero-order valence-corrected chi connectivity index (χ0v) is 18.7. The van der Waals surface area contributed by atoms with Crippen LogP contribution in [0.15, 0.2) is 53.4 Å². The minimum absolute atomic E-state index is 0.0666. The van der Waals surface area contributed by atoms with E-state index in [0.29, 0.717) is 24.0 Å². The number of benzene rings is 2. The molecule has 8 heteroatoms. The minimum atomic E-state index is -3.66. The molecule has 0 aliphatic rings. The topological polar surface area (TPSA) is 93.7 Å². The molecule has 2 aromatic carbocycles. The third-order valence-electron chi connectivity index (χ3n) is 4.39. The molecule has 0 aliphatic heterocycles. The molecule has 1 atom stereocenters. The number of hydrogen-bond donors (Lipinski definition) is 2. The van der Waals surface area contributed by atoms with Crippen molar-refractivity contribution in [3.8, 4) is 11.5 Å². The molecule has 7 nitrogen and oxygen atoms in total. The Morgan fingerprint density at radius 1 is 0.933 bits per heavy atom. The van der Waals surface area contributed by atoms with Gasteiger partial charge in [-0.2, -0.15) is 0 Å². The molecule has 2 aromatic rings. The number of hydrogen-bond acceptors (Lipinski definition) is 5. The van der Waals surface area contributed by atoms with Gasteiger partial charge in [-0.25, -0.2) is 13.1 Å². The van der Waals surface area contributed by atoms with Gasteiger partial charge in [0.1, 0.15) is 11.5 Å². The van der Waals surface area contributed by atoms with Crippen LogP contribution in [0.2, 0.25) is 0 Å². The monoisotopic (exact) mass is 434 g/mol. The number of carbonyl (C=O) groups excluding carboxylic acids is 1. The van der Waals surface area contributed by atoms with Gasteiger partial charge in [0.15, 0.2) is 6.10 Å². The van der Waals surface area contributed by atoms with E-state index in [4.69, 9.17) is 9.47 Å². The maximum Gasteiger partial charge on any atom is 0.260 e. The van der Waals surface area contributed by atoms with Crippen molar-refractivity contribution in [2.45, 2.75) is 44.6 Å². The van der Waals surface area contributed by atoms with Crippen LogP contribution < -0.4 is 19.5 Å². The summed E-state index contributed by atoms with van der Waals surface area (Å²) < 4.78 is 38.0. The number of ether oxygens (including phenoxy) is 2. The summed E-state index contributed by atoms with van der Waals surface area (Å²) in [5.41, 5.74) is 1.19. The lowest BCUT2D eigenvalue weighted by molar-refractivity contribution is -0.127. The molecular weight excluding hydrogens is 404 g/mol. The van der Waals surface area contributed by atoms with Gasteiger partial charge < -0.3 is 14.8 Å². The lowest BCUT2D eigenvalue weighted by atomic mass is 10.0. The van der Waals surface area contributed by atoms with Crippen LogP contribution in [0, 0.1) is 0 Å². The number of sulfonamides is 1. The SMILES string of the molecule is CCOc1ccc(S(=O)(=O)NCCNC(=O)C(C)Oc2ccc(C(C)C)cc2)cc1. The summed E-state index contributed by atoms with van der Waals surface area (Å²) >= 11 is 0. The standard InChI is InChI=1S/C22H30N2O5S/c1-5-28-19-10-12-21(13-11-19)30(26,27)24-15-14-23-22(25)17(4)29-20-8-6-18(7-9-20)16(2)3/h6-13,16-17,24H,5,14-15H2,1-4H3,(H,23,25). The predicted molar refractivity (Wildman–Crippen MR) is 116 cm³/mol. The Labute approximate surface area is 178 Å². The fraction of sp³-hybridized carbons (Fsp3) is 0.409. The largest absolute Gasteiger partial charge is 0.494 e. The number of amides is 1. The second-order valence-electron chi connectivity index (χ2n) is 7.08. The van der Waals surface area contributed by atoms with Crippen LogP contribution in [0.3, 0.4) is 0 Å². The van der Waals surface area contributed by atoms with Crippen LogP contribution in [0.25, 0.3) is 0 Å². The zero-order chi connectivity index (χ0) is 22.1. The fourth-order valence-electron chi connectivity index (χ4n) is 2.67. The van der Waals surface area contributed by atoms with Gasteiger partial charge in [-0.15, -0.1) is 0 Å². The van der Waals surface area contributed by atoms with Crippen LogP contribution in [0.5, 0.6) is 11.5 Å². The number of nitrogens with one attached hydrogen (secondary N) is 2. The molecule has 1 amide bonds. The zero-order valence-electron chi connectivity index (χ0n) is 17.8. The van der Waals surface area contributed by atoms with Gasteiger partial charge in [0.2, 0.25) is 10.0 Å². The Kier molecular flexibility index (Phi) is 8.68. The van der Waals surface area contributed by atoms with Gasteiger partial charge in [-0.3, -0.25) is 4.79 Å². The Morgan fingerprint density at radius 3 is 2.10 bits per heavy atom. The van der Waals surface area contributed by atoms with E-state index in [9.17, 15) is 13.2 Å². The van der Waals surface area contributed by atoms with Crippen molar-refractivity contribution in [3.05, 3.63) is 54.1 Å². The maximum atomic E-state index is 12.3. The molecule has 0 fully saturated rings. The molecule has 0 bridgehead atoms. The summed E-state index contributed by atoms with van der Waals surface area (Å²) in [6.45, 7) is 8.44.